The van der Waals surface area contributed by atoms with Gasteiger partial charge < -0.3 is 5.11 Å². The molecule has 1 aromatic heterocycles. The molecule has 0 spiro atoms. The molecule has 1 atom stereocenters. The Kier molecular flexibility index (Phi) is 2.84. The van der Waals surface area contributed by atoms with E-state index in [0.717, 1.165) is 12.8 Å². The van der Waals surface area contributed by atoms with Gasteiger partial charge in [0.15, 0.2) is 0 Å². The second-order valence-electron chi connectivity index (χ2n) is 3.80. The Hall–Kier alpha value is -1.92. The molecule has 1 saturated heterocycles. The Morgan fingerprint density at radius 2 is 2.44 bits per heavy atom. The van der Waals surface area contributed by atoms with Gasteiger partial charge in [0.25, 0.3) is 0 Å². The fourth-order valence-corrected chi connectivity index (χ4v) is 1.87. The predicted molar refractivity (Wildman–Crippen MR) is 54.8 cm³/mol. The van der Waals surface area contributed by atoms with Crippen LogP contribution in [0.4, 0.5) is 0 Å². The van der Waals surface area contributed by atoms with Gasteiger partial charge in [-0.3, -0.25) is 9.69 Å². The third kappa shape index (κ3) is 2.02. The number of aromatic nitrogens is 2. The standard InChI is InChI=1S/C9H12N4O3/c14-9(15)7-4-10-13(5-7)8-2-1-3-12(6-8)11-16/h4-5,8H,1-3,6H2,(H,14,15). The van der Waals surface area contributed by atoms with Crippen LogP contribution in [0.25, 0.3) is 0 Å². The molecule has 1 N–H and O–H groups in total. The van der Waals surface area contributed by atoms with Gasteiger partial charge in [-0.05, 0) is 12.8 Å². The van der Waals surface area contributed by atoms with Crippen LogP contribution in [-0.4, -0.2) is 39.0 Å². The highest BCUT2D eigenvalue weighted by Crippen LogP contribution is 2.21. The quantitative estimate of drug-likeness (QED) is 0.770. The summed E-state index contributed by atoms with van der Waals surface area (Å²) in [7, 11) is 0. The summed E-state index contributed by atoms with van der Waals surface area (Å²) in [5, 5.41) is 17.1. The average Bonchev–Trinajstić information content (AvgIpc) is 2.78. The number of carbonyl (C=O) groups is 1. The van der Waals surface area contributed by atoms with Crippen molar-refractivity contribution >= 4 is 5.97 Å². The Bertz CT molecular complexity index is 403. The summed E-state index contributed by atoms with van der Waals surface area (Å²) >= 11 is 0. The second-order valence-corrected chi connectivity index (χ2v) is 3.80. The van der Waals surface area contributed by atoms with Crippen LogP contribution in [0.1, 0.15) is 29.2 Å². The molecule has 2 rings (SSSR count). The van der Waals surface area contributed by atoms with Gasteiger partial charge >= 0.3 is 5.97 Å². The van der Waals surface area contributed by atoms with Crippen LogP contribution in [0.5, 0.6) is 0 Å². The molecule has 7 nitrogen and oxygen atoms in total. The van der Waals surface area contributed by atoms with E-state index in [4.69, 9.17) is 5.11 Å². The number of carboxylic acids is 1. The zero-order valence-electron chi connectivity index (χ0n) is 8.61. The van der Waals surface area contributed by atoms with Crippen molar-refractivity contribution in [1.82, 2.24) is 14.8 Å². The van der Waals surface area contributed by atoms with Crippen LogP contribution >= 0.6 is 0 Å². The van der Waals surface area contributed by atoms with Gasteiger partial charge in [-0.15, -0.1) is 4.91 Å². The minimum Gasteiger partial charge on any atom is -0.478 e. The van der Waals surface area contributed by atoms with Gasteiger partial charge in [0.05, 0.1) is 29.6 Å². The highest BCUT2D eigenvalue weighted by molar-refractivity contribution is 5.86. The maximum Gasteiger partial charge on any atom is 0.338 e. The molecular weight excluding hydrogens is 212 g/mol. The zero-order chi connectivity index (χ0) is 11.5. The van der Waals surface area contributed by atoms with Crippen molar-refractivity contribution in [2.24, 2.45) is 5.29 Å². The van der Waals surface area contributed by atoms with Crippen molar-refractivity contribution in [1.29, 1.82) is 0 Å². The highest BCUT2D eigenvalue weighted by Gasteiger charge is 2.22. The lowest BCUT2D eigenvalue weighted by Gasteiger charge is -2.28. The fraction of sp³-hybridized carbons (Fsp3) is 0.556. The Morgan fingerprint density at radius 3 is 3.06 bits per heavy atom. The molecule has 2 heterocycles. The van der Waals surface area contributed by atoms with Crippen molar-refractivity contribution < 1.29 is 9.90 Å². The molecule has 0 aromatic carbocycles. The minimum atomic E-state index is -0.993. The molecule has 0 bridgehead atoms. The van der Waals surface area contributed by atoms with Crippen LogP contribution in [-0.2, 0) is 0 Å². The third-order valence-electron chi connectivity index (χ3n) is 2.71. The van der Waals surface area contributed by atoms with Crippen LogP contribution < -0.4 is 0 Å². The summed E-state index contributed by atoms with van der Waals surface area (Å²) in [6.07, 6.45) is 4.54. The van der Waals surface area contributed by atoms with Crippen molar-refractivity contribution in [2.45, 2.75) is 18.9 Å². The lowest BCUT2D eigenvalue weighted by Crippen LogP contribution is -2.32. The van der Waals surface area contributed by atoms with E-state index < -0.39 is 5.97 Å². The highest BCUT2D eigenvalue weighted by atomic mass is 16.4. The van der Waals surface area contributed by atoms with E-state index in [2.05, 4.69) is 10.4 Å². The largest absolute Gasteiger partial charge is 0.478 e. The van der Waals surface area contributed by atoms with Crippen molar-refractivity contribution in [3.63, 3.8) is 0 Å². The maximum absolute atomic E-state index is 10.7. The van der Waals surface area contributed by atoms with Gasteiger partial charge in [-0.25, -0.2) is 4.79 Å². The normalized spacial score (nSPS) is 20.8. The average molecular weight is 224 g/mol. The van der Waals surface area contributed by atoms with Crippen LogP contribution in [0.2, 0.25) is 0 Å². The molecule has 0 saturated carbocycles. The number of carboxylic acid groups (broad SMARTS) is 1. The summed E-state index contributed by atoms with van der Waals surface area (Å²) in [5.74, 6) is -0.993. The lowest BCUT2D eigenvalue weighted by atomic mass is 10.1. The van der Waals surface area contributed by atoms with Gasteiger partial charge in [0.1, 0.15) is 0 Å². The van der Waals surface area contributed by atoms with Crippen LogP contribution in [0, 0.1) is 4.91 Å². The monoisotopic (exact) mass is 224 g/mol. The molecule has 0 radical (unpaired) electrons. The lowest BCUT2D eigenvalue weighted by molar-refractivity contribution is 0.0696. The smallest absolute Gasteiger partial charge is 0.338 e. The molecule has 1 aromatic rings. The number of nitroso groups, excluding NO2 is 1. The molecule has 0 amide bonds. The number of hydrogen-bond donors (Lipinski definition) is 1. The second kappa shape index (κ2) is 4.30. The summed E-state index contributed by atoms with van der Waals surface area (Å²) in [6.45, 7) is 1.15. The number of aromatic carboxylic acids is 1. The molecule has 1 unspecified atom stereocenters. The van der Waals surface area contributed by atoms with E-state index in [1.165, 1.54) is 17.4 Å². The molecule has 86 valence electrons. The van der Waals surface area contributed by atoms with Gasteiger partial charge in [0.2, 0.25) is 0 Å². The minimum absolute atomic E-state index is 0.0274. The van der Waals surface area contributed by atoms with Gasteiger partial charge in [0, 0.05) is 12.7 Å². The Morgan fingerprint density at radius 1 is 1.62 bits per heavy atom. The van der Waals surface area contributed by atoms with E-state index in [1.807, 2.05) is 0 Å². The SMILES string of the molecule is O=NN1CCCC(n2cc(C(=O)O)cn2)C1. The Labute approximate surface area is 91.6 Å². The van der Waals surface area contributed by atoms with Crippen LogP contribution in [0.15, 0.2) is 17.7 Å². The molecule has 0 aliphatic carbocycles. The molecule has 1 aliphatic rings. The summed E-state index contributed by atoms with van der Waals surface area (Å²) in [4.78, 5) is 21.1. The van der Waals surface area contributed by atoms with E-state index >= 15 is 0 Å². The van der Waals surface area contributed by atoms with Crippen molar-refractivity contribution in [2.75, 3.05) is 13.1 Å². The summed E-state index contributed by atoms with van der Waals surface area (Å²) in [5.41, 5.74) is 0.163. The topological polar surface area (TPSA) is 87.8 Å². The molecule has 1 fully saturated rings. The zero-order valence-corrected chi connectivity index (χ0v) is 8.61. The fourth-order valence-electron chi connectivity index (χ4n) is 1.87. The van der Waals surface area contributed by atoms with Crippen molar-refractivity contribution in [3.05, 3.63) is 22.9 Å². The number of nitrogens with zero attached hydrogens (tertiary/aromatic N) is 4. The third-order valence-corrected chi connectivity index (χ3v) is 2.71. The number of hydrogen-bond acceptors (Lipinski definition) is 4. The Balaban J connectivity index is 2.10. The molecule has 16 heavy (non-hydrogen) atoms. The summed E-state index contributed by atoms with van der Waals surface area (Å²) in [6, 6.07) is 0.0274. The van der Waals surface area contributed by atoms with Crippen LogP contribution in [0.3, 0.4) is 0 Å². The first kappa shape index (κ1) is 10.6. The van der Waals surface area contributed by atoms with Crippen molar-refractivity contribution in [3.8, 4) is 0 Å². The van der Waals surface area contributed by atoms with E-state index in [9.17, 15) is 9.70 Å². The first-order chi connectivity index (χ1) is 7.70. The number of rotatable bonds is 3. The van der Waals surface area contributed by atoms with E-state index in [-0.39, 0.29) is 11.6 Å². The maximum atomic E-state index is 10.7. The van der Waals surface area contributed by atoms with Gasteiger partial charge in [-0.2, -0.15) is 5.10 Å². The van der Waals surface area contributed by atoms with E-state index in [0.29, 0.717) is 13.1 Å². The molecule has 1 aliphatic heterocycles. The number of piperidine rings is 1. The van der Waals surface area contributed by atoms with Gasteiger partial charge in [-0.1, -0.05) is 0 Å². The molecular formula is C9H12N4O3. The molecule has 7 heteroatoms. The predicted octanol–water partition coefficient (Wildman–Crippen LogP) is 0.900. The summed E-state index contributed by atoms with van der Waals surface area (Å²) < 4.78 is 1.60. The first-order valence-electron chi connectivity index (χ1n) is 5.06. The first-order valence-corrected chi connectivity index (χ1v) is 5.06. The van der Waals surface area contributed by atoms with E-state index in [1.54, 1.807) is 4.68 Å².